The maximum Gasteiger partial charge on any atom is 0.411 e. The Balaban J connectivity index is 2.41. The molecule has 0 radical (unpaired) electrons. The van der Waals surface area contributed by atoms with Crippen molar-refractivity contribution in [3.63, 3.8) is 0 Å². The van der Waals surface area contributed by atoms with E-state index in [4.69, 9.17) is 4.74 Å². The van der Waals surface area contributed by atoms with Crippen LogP contribution in [0.25, 0.3) is 0 Å². The largest absolute Gasteiger partial charge is 0.411 e. The summed E-state index contributed by atoms with van der Waals surface area (Å²) in [4.78, 5) is 11.0. The summed E-state index contributed by atoms with van der Waals surface area (Å²) in [5, 5.41) is 2.61. The van der Waals surface area contributed by atoms with Crippen LogP contribution < -0.4 is 5.32 Å². The van der Waals surface area contributed by atoms with Crippen molar-refractivity contribution in [1.29, 1.82) is 0 Å². The van der Waals surface area contributed by atoms with E-state index in [-0.39, 0.29) is 11.8 Å². The zero-order valence-electron chi connectivity index (χ0n) is 10.1. The highest BCUT2D eigenvalue weighted by Gasteiger charge is 2.32. The van der Waals surface area contributed by atoms with E-state index in [0.29, 0.717) is 13.0 Å². The van der Waals surface area contributed by atoms with Gasteiger partial charge in [-0.1, -0.05) is 19.4 Å². The van der Waals surface area contributed by atoms with E-state index in [1.807, 2.05) is 0 Å². The van der Waals surface area contributed by atoms with E-state index >= 15 is 0 Å². The van der Waals surface area contributed by atoms with E-state index in [1.165, 1.54) is 0 Å². The number of carbonyl (C=O) groups excluding carboxylic acids is 1. The first-order valence-electron chi connectivity index (χ1n) is 6.01. The topological polar surface area (TPSA) is 38.3 Å². The van der Waals surface area contributed by atoms with Crippen molar-refractivity contribution in [2.24, 2.45) is 5.92 Å². The van der Waals surface area contributed by atoms with Crippen LogP contribution in [-0.4, -0.2) is 31.3 Å². The van der Waals surface area contributed by atoms with Crippen LogP contribution in [0, 0.1) is 5.92 Å². The predicted molar refractivity (Wildman–Crippen MR) is 61.0 cm³/mol. The van der Waals surface area contributed by atoms with Gasteiger partial charge in [-0.2, -0.15) is 13.2 Å². The molecule has 1 aliphatic carbocycles. The Labute approximate surface area is 104 Å². The smallest absolute Gasteiger partial charge is 0.368 e. The van der Waals surface area contributed by atoms with Gasteiger partial charge < -0.3 is 10.1 Å². The van der Waals surface area contributed by atoms with Gasteiger partial charge in [0.1, 0.15) is 6.61 Å². The number of hydrogen-bond acceptors (Lipinski definition) is 2. The molecule has 0 aromatic heterocycles. The Bertz CT molecular complexity index is 292. The minimum atomic E-state index is -4.30. The van der Waals surface area contributed by atoms with Gasteiger partial charge in [-0.15, -0.1) is 0 Å². The number of nitrogens with one attached hydrogen (secondary N) is 1. The summed E-state index contributed by atoms with van der Waals surface area (Å²) in [7, 11) is 0. The van der Waals surface area contributed by atoms with Gasteiger partial charge in [-0.3, -0.25) is 4.79 Å². The lowest BCUT2D eigenvalue weighted by Gasteiger charge is -2.31. The fourth-order valence-corrected chi connectivity index (χ4v) is 2.13. The number of carbonyl (C=O) groups is 1. The molecule has 0 aromatic carbocycles. The van der Waals surface area contributed by atoms with Gasteiger partial charge in [0, 0.05) is 12.5 Å². The Morgan fingerprint density at radius 2 is 2.06 bits per heavy atom. The van der Waals surface area contributed by atoms with Crippen LogP contribution in [0.1, 0.15) is 25.7 Å². The fourth-order valence-electron chi connectivity index (χ4n) is 2.13. The summed E-state index contributed by atoms with van der Waals surface area (Å²) in [6.45, 7) is 2.44. The molecule has 6 heteroatoms. The normalized spacial score (nSPS) is 24.6. The Hall–Kier alpha value is -1.04. The minimum Gasteiger partial charge on any atom is -0.368 e. The molecule has 0 aromatic rings. The molecule has 0 heterocycles. The molecule has 1 rings (SSSR count). The number of alkyl halides is 3. The SMILES string of the molecule is C=CC(=O)NCC1CCCCC1OCC(F)(F)F. The Morgan fingerprint density at radius 3 is 2.67 bits per heavy atom. The van der Waals surface area contributed by atoms with Gasteiger partial charge in [-0.05, 0) is 18.9 Å². The average molecular weight is 265 g/mol. The van der Waals surface area contributed by atoms with Gasteiger partial charge >= 0.3 is 6.18 Å². The van der Waals surface area contributed by atoms with Crippen LogP contribution >= 0.6 is 0 Å². The number of amides is 1. The molecule has 0 spiro atoms. The number of hydrogen-bond donors (Lipinski definition) is 1. The van der Waals surface area contributed by atoms with Gasteiger partial charge in [0.2, 0.25) is 5.91 Å². The quantitative estimate of drug-likeness (QED) is 0.775. The number of halogens is 3. The van der Waals surface area contributed by atoms with Crippen molar-refractivity contribution in [1.82, 2.24) is 5.32 Å². The second kappa shape index (κ2) is 6.78. The Kier molecular flexibility index (Phi) is 5.65. The molecule has 1 aliphatic rings. The number of ether oxygens (including phenoxy) is 1. The Morgan fingerprint density at radius 1 is 1.39 bits per heavy atom. The first-order chi connectivity index (χ1) is 8.42. The van der Waals surface area contributed by atoms with Gasteiger partial charge in [-0.25, -0.2) is 0 Å². The van der Waals surface area contributed by atoms with E-state index in [0.717, 1.165) is 25.3 Å². The molecule has 0 saturated heterocycles. The molecular formula is C12H18F3NO2. The van der Waals surface area contributed by atoms with Crippen LogP contribution in [0.2, 0.25) is 0 Å². The summed E-state index contributed by atoms with van der Waals surface area (Å²) >= 11 is 0. The second-order valence-corrected chi connectivity index (χ2v) is 4.46. The third-order valence-corrected chi connectivity index (χ3v) is 3.02. The second-order valence-electron chi connectivity index (χ2n) is 4.46. The highest BCUT2D eigenvalue weighted by Crippen LogP contribution is 2.28. The van der Waals surface area contributed by atoms with Crippen LogP contribution in [0.4, 0.5) is 13.2 Å². The van der Waals surface area contributed by atoms with Gasteiger partial charge in [0.15, 0.2) is 0 Å². The standard InChI is InChI=1S/C12H18F3NO2/c1-2-11(17)16-7-9-5-3-4-6-10(9)18-8-12(13,14)15/h2,9-10H,1,3-8H2,(H,16,17). The highest BCUT2D eigenvalue weighted by atomic mass is 19.4. The summed E-state index contributed by atoms with van der Waals surface area (Å²) in [6.07, 6.45) is -0.356. The van der Waals surface area contributed by atoms with Gasteiger partial charge in [0.05, 0.1) is 6.10 Å². The van der Waals surface area contributed by atoms with E-state index < -0.39 is 18.9 Å². The summed E-state index contributed by atoms with van der Waals surface area (Å²) in [6, 6.07) is 0. The van der Waals surface area contributed by atoms with E-state index in [2.05, 4.69) is 11.9 Å². The molecule has 104 valence electrons. The molecule has 3 nitrogen and oxygen atoms in total. The molecule has 2 unspecified atom stereocenters. The molecule has 1 N–H and O–H groups in total. The first kappa shape index (κ1) is 15.0. The third-order valence-electron chi connectivity index (χ3n) is 3.02. The van der Waals surface area contributed by atoms with Crippen molar-refractivity contribution in [3.05, 3.63) is 12.7 Å². The molecule has 1 saturated carbocycles. The maximum atomic E-state index is 12.1. The monoisotopic (exact) mass is 265 g/mol. The van der Waals surface area contributed by atoms with Crippen LogP contribution in [0.5, 0.6) is 0 Å². The molecule has 1 amide bonds. The molecule has 18 heavy (non-hydrogen) atoms. The maximum absolute atomic E-state index is 12.1. The van der Waals surface area contributed by atoms with Crippen LogP contribution in [0.3, 0.4) is 0 Å². The lowest BCUT2D eigenvalue weighted by Crippen LogP contribution is -2.39. The predicted octanol–water partition coefficient (Wildman–Crippen LogP) is 2.43. The molecular weight excluding hydrogens is 247 g/mol. The fraction of sp³-hybridized carbons (Fsp3) is 0.750. The highest BCUT2D eigenvalue weighted by molar-refractivity contribution is 5.86. The zero-order valence-corrected chi connectivity index (χ0v) is 10.1. The van der Waals surface area contributed by atoms with Crippen molar-refractivity contribution in [3.8, 4) is 0 Å². The van der Waals surface area contributed by atoms with E-state index in [9.17, 15) is 18.0 Å². The summed E-state index contributed by atoms with van der Waals surface area (Å²) < 4.78 is 41.2. The molecule has 2 atom stereocenters. The zero-order chi connectivity index (χ0) is 13.6. The minimum absolute atomic E-state index is 0.0509. The summed E-state index contributed by atoms with van der Waals surface area (Å²) in [5.74, 6) is -0.361. The van der Waals surface area contributed by atoms with Crippen molar-refractivity contribution < 1.29 is 22.7 Å². The van der Waals surface area contributed by atoms with Crippen LogP contribution in [-0.2, 0) is 9.53 Å². The lowest BCUT2D eigenvalue weighted by atomic mass is 9.86. The van der Waals surface area contributed by atoms with E-state index in [1.54, 1.807) is 0 Å². The first-order valence-corrected chi connectivity index (χ1v) is 6.01. The lowest BCUT2D eigenvalue weighted by molar-refractivity contribution is -0.193. The third kappa shape index (κ3) is 5.53. The van der Waals surface area contributed by atoms with Gasteiger partial charge in [0.25, 0.3) is 0 Å². The van der Waals surface area contributed by atoms with Crippen LogP contribution in [0.15, 0.2) is 12.7 Å². The summed E-state index contributed by atoms with van der Waals surface area (Å²) in [5.41, 5.74) is 0. The van der Waals surface area contributed by atoms with Crippen molar-refractivity contribution in [2.75, 3.05) is 13.2 Å². The number of rotatable bonds is 5. The van der Waals surface area contributed by atoms with Crippen molar-refractivity contribution in [2.45, 2.75) is 38.0 Å². The molecule has 0 aliphatic heterocycles. The average Bonchev–Trinajstić information content (AvgIpc) is 2.33. The molecule has 1 fully saturated rings. The molecule has 0 bridgehead atoms. The van der Waals surface area contributed by atoms with Crippen molar-refractivity contribution >= 4 is 5.91 Å².